The Morgan fingerprint density at radius 3 is 2.86 bits per heavy atom. The highest BCUT2D eigenvalue weighted by molar-refractivity contribution is 5.98. The molecule has 3 heterocycles. The molecule has 2 atom stereocenters. The van der Waals surface area contributed by atoms with Crippen molar-refractivity contribution in [1.29, 1.82) is 0 Å². The number of benzene rings is 2. The summed E-state index contributed by atoms with van der Waals surface area (Å²) in [6, 6.07) is 16.6. The molecule has 3 aromatic rings. The summed E-state index contributed by atoms with van der Waals surface area (Å²) in [7, 11) is 0. The predicted molar refractivity (Wildman–Crippen MR) is 102 cm³/mol. The molecule has 1 N–H and O–H groups in total. The molecule has 0 unspecified atom stereocenters. The molecule has 0 bridgehead atoms. The van der Waals surface area contributed by atoms with E-state index in [4.69, 9.17) is 4.74 Å². The summed E-state index contributed by atoms with van der Waals surface area (Å²) in [4.78, 5) is 31.3. The van der Waals surface area contributed by atoms with Gasteiger partial charge in [0, 0.05) is 41.7 Å². The van der Waals surface area contributed by atoms with Gasteiger partial charge in [-0.3, -0.25) is 14.6 Å². The van der Waals surface area contributed by atoms with E-state index in [-0.39, 0.29) is 25.0 Å². The molecule has 28 heavy (non-hydrogen) atoms. The summed E-state index contributed by atoms with van der Waals surface area (Å²) in [5.41, 5.74) is 1.09. The fourth-order valence-corrected chi connectivity index (χ4v) is 4.38. The van der Waals surface area contributed by atoms with Gasteiger partial charge < -0.3 is 14.7 Å². The van der Waals surface area contributed by atoms with E-state index in [1.54, 1.807) is 17.2 Å². The van der Waals surface area contributed by atoms with Gasteiger partial charge in [-0.15, -0.1) is 0 Å². The molecule has 6 nitrogen and oxygen atoms in total. The third kappa shape index (κ3) is 2.37. The lowest BCUT2D eigenvalue weighted by molar-refractivity contribution is -0.151. The predicted octanol–water partition coefficient (Wildman–Crippen LogP) is 2.94. The van der Waals surface area contributed by atoms with Crippen LogP contribution in [0.15, 0.2) is 60.8 Å². The first-order chi connectivity index (χ1) is 13.6. The minimum atomic E-state index is -1.12. The quantitative estimate of drug-likeness (QED) is 0.746. The topological polar surface area (TPSA) is 79.7 Å². The summed E-state index contributed by atoms with van der Waals surface area (Å²) in [6.45, 7) is 0.553. The first-order valence-corrected chi connectivity index (χ1v) is 9.18. The van der Waals surface area contributed by atoms with Crippen LogP contribution < -0.4 is 4.74 Å². The number of carbonyl (C=O) groups excluding carboxylic acids is 1. The standard InChI is InChI=1S/C22H18N2O4/c25-20(15-7-8-18-14(10-15)4-3-9-23-18)24-11-17-16-5-1-2-6-19(16)28-13-22(17,12-24)21(26)27/h1-10,17H,11-13H2,(H,26,27)/t17-,22-/m1/s1. The van der Waals surface area contributed by atoms with Crippen LogP contribution in [-0.4, -0.2) is 46.6 Å². The molecule has 1 amide bonds. The van der Waals surface area contributed by atoms with E-state index in [0.29, 0.717) is 17.9 Å². The molecule has 5 rings (SSSR count). The van der Waals surface area contributed by atoms with Gasteiger partial charge in [-0.05, 0) is 30.3 Å². The van der Waals surface area contributed by atoms with Crippen LogP contribution in [0.2, 0.25) is 0 Å². The number of likely N-dealkylation sites (tertiary alicyclic amines) is 1. The monoisotopic (exact) mass is 374 g/mol. The summed E-state index contributed by atoms with van der Waals surface area (Å²) in [5, 5.41) is 10.9. The lowest BCUT2D eigenvalue weighted by Gasteiger charge is -2.35. The third-order valence-electron chi connectivity index (χ3n) is 5.89. The van der Waals surface area contributed by atoms with E-state index in [0.717, 1.165) is 16.5 Å². The molecule has 140 valence electrons. The Morgan fingerprint density at radius 1 is 1.14 bits per heavy atom. The highest BCUT2D eigenvalue weighted by Crippen LogP contribution is 2.49. The number of hydrogen-bond donors (Lipinski definition) is 1. The van der Waals surface area contributed by atoms with E-state index in [9.17, 15) is 14.7 Å². The maximum atomic E-state index is 13.2. The first kappa shape index (κ1) is 16.7. The van der Waals surface area contributed by atoms with Gasteiger partial charge in [0.25, 0.3) is 5.91 Å². The van der Waals surface area contributed by atoms with E-state index >= 15 is 0 Å². The van der Waals surface area contributed by atoms with Gasteiger partial charge >= 0.3 is 5.97 Å². The Morgan fingerprint density at radius 2 is 2.00 bits per heavy atom. The van der Waals surface area contributed by atoms with Crippen LogP contribution in [-0.2, 0) is 4.79 Å². The Kier molecular flexibility index (Phi) is 3.62. The van der Waals surface area contributed by atoms with Crippen molar-refractivity contribution in [1.82, 2.24) is 9.88 Å². The van der Waals surface area contributed by atoms with Crippen LogP contribution in [0.25, 0.3) is 10.9 Å². The van der Waals surface area contributed by atoms with Crippen LogP contribution in [0.1, 0.15) is 21.8 Å². The number of nitrogens with zero attached hydrogens (tertiary/aromatic N) is 2. The Labute approximate surface area is 161 Å². The van der Waals surface area contributed by atoms with Gasteiger partial charge in [-0.25, -0.2) is 0 Å². The summed E-state index contributed by atoms with van der Waals surface area (Å²) in [5.74, 6) is -0.681. The molecular formula is C22H18N2O4. The normalized spacial score (nSPS) is 23.0. The molecule has 0 aliphatic carbocycles. The molecule has 0 spiro atoms. The Bertz CT molecular complexity index is 1110. The number of ether oxygens (including phenoxy) is 1. The van der Waals surface area contributed by atoms with Gasteiger partial charge in [-0.1, -0.05) is 24.3 Å². The average Bonchev–Trinajstić information content (AvgIpc) is 3.15. The van der Waals surface area contributed by atoms with Gasteiger partial charge in [-0.2, -0.15) is 0 Å². The zero-order valence-corrected chi connectivity index (χ0v) is 15.0. The number of rotatable bonds is 2. The van der Waals surface area contributed by atoms with Gasteiger partial charge in [0.2, 0.25) is 0 Å². The van der Waals surface area contributed by atoms with Crippen molar-refractivity contribution in [3.8, 4) is 5.75 Å². The number of pyridine rings is 1. The highest BCUT2D eigenvalue weighted by Gasteiger charge is 2.57. The maximum absolute atomic E-state index is 13.2. The number of carboxylic acid groups (broad SMARTS) is 1. The number of carboxylic acids is 1. The van der Waals surface area contributed by atoms with Crippen molar-refractivity contribution in [3.05, 3.63) is 71.9 Å². The number of fused-ring (bicyclic) bond motifs is 4. The largest absolute Gasteiger partial charge is 0.492 e. The molecule has 1 aromatic heterocycles. The number of aliphatic carboxylic acids is 1. The van der Waals surface area contributed by atoms with Crippen molar-refractivity contribution in [2.75, 3.05) is 19.7 Å². The first-order valence-electron chi connectivity index (χ1n) is 9.18. The van der Waals surface area contributed by atoms with Crippen molar-refractivity contribution in [3.63, 3.8) is 0 Å². The molecule has 1 fully saturated rings. The van der Waals surface area contributed by atoms with E-state index in [1.165, 1.54) is 0 Å². The lowest BCUT2D eigenvalue weighted by Crippen LogP contribution is -2.46. The van der Waals surface area contributed by atoms with Crippen molar-refractivity contribution < 1.29 is 19.4 Å². The Hall–Kier alpha value is -3.41. The van der Waals surface area contributed by atoms with Crippen LogP contribution in [0.3, 0.4) is 0 Å². The SMILES string of the molecule is O=C(c1ccc2ncccc2c1)N1C[C@@H]2c3ccccc3OC[C@]2(C(=O)O)C1. The third-order valence-corrected chi connectivity index (χ3v) is 5.89. The van der Waals surface area contributed by atoms with Crippen LogP contribution >= 0.6 is 0 Å². The van der Waals surface area contributed by atoms with Crippen molar-refractivity contribution in [2.45, 2.75) is 5.92 Å². The molecule has 2 aromatic carbocycles. The van der Waals surface area contributed by atoms with Crippen molar-refractivity contribution >= 4 is 22.8 Å². The molecular weight excluding hydrogens is 356 g/mol. The minimum absolute atomic E-state index is 0.0649. The Balaban J connectivity index is 1.52. The second-order valence-electron chi connectivity index (χ2n) is 7.44. The smallest absolute Gasteiger partial charge is 0.315 e. The number of para-hydroxylation sites is 1. The molecule has 6 heteroatoms. The van der Waals surface area contributed by atoms with Crippen molar-refractivity contribution in [2.24, 2.45) is 5.41 Å². The zero-order valence-electron chi connectivity index (χ0n) is 15.0. The van der Waals surface area contributed by atoms with Crippen LogP contribution in [0, 0.1) is 5.41 Å². The van der Waals surface area contributed by atoms with Crippen LogP contribution in [0.4, 0.5) is 0 Å². The molecule has 2 aliphatic rings. The maximum Gasteiger partial charge on any atom is 0.315 e. The van der Waals surface area contributed by atoms with E-state index in [1.807, 2.05) is 48.5 Å². The molecule has 0 saturated carbocycles. The average molecular weight is 374 g/mol. The number of hydrogen-bond acceptors (Lipinski definition) is 4. The molecule has 0 radical (unpaired) electrons. The van der Waals surface area contributed by atoms with E-state index < -0.39 is 11.4 Å². The van der Waals surface area contributed by atoms with Gasteiger partial charge in [0.1, 0.15) is 17.8 Å². The number of amides is 1. The lowest BCUT2D eigenvalue weighted by atomic mass is 9.73. The summed E-state index contributed by atoms with van der Waals surface area (Å²) in [6.07, 6.45) is 1.71. The number of aromatic nitrogens is 1. The summed E-state index contributed by atoms with van der Waals surface area (Å²) < 4.78 is 5.77. The number of carbonyl (C=O) groups is 2. The second kappa shape index (κ2) is 6.05. The highest BCUT2D eigenvalue weighted by atomic mass is 16.5. The second-order valence-corrected chi connectivity index (χ2v) is 7.44. The van der Waals surface area contributed by atoms with Crippen LogP contribution in [0.5, 0.6) is 5.75 Å². The fraction of sp³-hybridized carbons (Fsp3) is 0.227. The van der Waals surface area contributed by atoms with E-state index in [2.05, 4.69) is 4.98 Å². The fourth-order valence-electron chi connectivity index (χ4n) is 4.38. The zero-order chi connectivity index (χ0) is 19.3. The van der Waals surface area contributed by atoms with Gasteiger partial charge in [0.05, 0.1) is 5.52 Å². The molecule has 2 aliphatic heterocycles. The summed E-state index contributed by atoms with van der Waals surface area (Å²) >= 11 is 0. The molecule has 1 saturated heterocycles. The van der Waals surface area contributed by atoms with Gasteiger partial charge in [0.15, 0.2) is 0 Å². The minimum Gasteiger partial charge on any atom is -0.492 e.